The fourth-order valence-corrected chi connectivity index (χ4v) is 2.63. The van der Waals surface area contributed by atoms with Gasteiger partial charge < -0.3 is 20.7 Å². The third-order valence-corrected chi connectivity index (χ3v) is 4.46. The number of nitrogens with two attached hydrogens (primary N) is 1. The number of hydrogen-bond donors (Lipinski definition) is 2. The zero-order valence-electron chi connectivity index (χ0n) is 15.5. The summed E-state index contributed by atoms with van der Waals surface area (Å²) in [6, 6.07) is 9.65. The lowest BCUT2D eigenvalue weighted by Crippen LogP contribution is -2.53. The highest BCUT2D eigenvalue weighted by molar-refractivity contribution is 5.85. The Morgan fingerprint density at radius 1 is 1.24 bits per heavy atom. The van der Waals surface area contributed by atoms with E-state index in [1.54, 1.807) is 4.90 Å². The van der Waals surface area contributed by atoms with Crippen molar-refractivity contribution in [2.45, 2.75) is 45.6 Å². The van der Waals surface area contributed by atoms with Crippen molar-refractivity contribution in [3.63, 3.8) is 0 Å². The number of amides is 2. The van der Waals surface area contributed by atoms with Crippen LogP contribution in [0.5, 0.6) is 0 Å². The van der Waals surface area contributed by atoms with Gasteiger partial charge in [-0.2, -0.15) is 0 Å². The molecule has 0 saturated carbocycles. The molecule has 0 aliphatic rings. The molecule has 2 atom stereocenters. The van der Waals surface area contributed by atoms with E-state index in [9.17, 15) is 9.59 Å². The normalized spacial score (nSPS) is 13.0. The van der Waals surface area contributed by atoms with Crippen LogP contribution in [0.15, 0.2) is 30.3 Å². The number of nitrogens with one attached hydrogen (secondary N) is 1. The van der Waals surface area contributed by atoms with Crippen LogP contribution in [0, 0.1) is 5.92 Å². The van der Waals surface area contributed by atoms with Crippen LogP contribution in [0.25, 0.3) is 0 Å². The van der Waals surface area contributed by atoms with Gasteiger partial charge in [0.15, 0.2) is 0 Å². The summed E-state index contributed by atoms with van der Waals surface area (Å²) in [6.07, 6.45) is 2.99. The van der Waals surface area contributed by atoms with Gasteiger partial charge in [-0.3, -0.25) is 4.79 Å². The lowest BCUT2D eigenvalue weighted by atomic mass is 9.98. The molecule has 6 heteroatoms. The summed E-state index contributed by atoms with van der Waals surface area (Å²) in [7, 11) is 1.29. The van der Waals surface area contributed by atoms with E-state index in [0.717, 1.165) is 25.7 Å². The molecule has 0 radical (unpaired) electrons. The molecule has 140 valence electrons. The van der Waals surface area contributed by atoms with Gasteiger partial charge in [-0.25, -0.2) is 4.79 Å². The minimum absolute atomic E-state index is 0.00460. The van der Waals surface area contributed by atoms with Crippen LogP contribution in [0.4, 0.5) is 4.79 Å². The summed E-state index contributed by atoms with van der Waals surface area (Å²) in [5, 5.41) is 2.64. The monoisotopic (exact) mass is 349 g/mol. The molecular formula is C19H31N3O3. The Labute approximate surface area is 150 Å². The number of rotatable bonds is 10. The van der Waals surface area contributed by atoms with Crippen molar-refractivity contribution in [2.75, 3.05) is 20.3 Å². The van der Waals surface area contributed by atoms with E-state index >= 15 is 0 Å². The lowest BCUT2D eigenvalue weighted by Gasteiger charge is -2.29. The highest BCUT2D eigenvalue weighted by Gasteiger charge is 2.29. The maximum absolute atomic E-state index is 12.8. The second-order valence-corrected chi connectivity index (χ2v) is 6.23. The number of nitrogens with zero attached hydrogens (tertiary/aromatic N) is 1. The Morgan fingerprint density at radius 3 is 2.48 bits per heavy atom. The third kappa shape index (κ3) is 7.13. The summed E-state index contributed by atoms with van der Waals surface area (Å²) >= 11 is 0. The first-order valence-corrected chi connectivity index (χ1v) is 8.90. The SMILES string of the molecule is CCC(C)C(NC(=O)OC)C(=O)N(CN)CCCCc1ccccc1. The summed E-state index contributed by atoms with van der Waals surface area (Å²) in [4.78, 5) is 25.9. The molecule has 6 nitrogen and oxygen atoms in total. The van der Waals surface area contributed by atoms with Crippen molar-refractivity contribution in [2.24, 2.45) is 11.7 Å². The quantitative estimate of drug-likeness (QED) is 0.502. The lowest BCUT2D eigenvalue weighted by molar-refractivity contribution is -0.134. The highest BCUT2D eigenvalue weighted by Crippen LogP contribution is 2.12. The predicted molar refractivity (Wildman–Crippen MR) is 98.9 cm³/mol. The molecule has 3 N–H and O–H groups in total. The number of unbranched alkanes of at least 4 members (excludes halogenated alkanes) is 1. The number of carbonyl (C=O) groups is 2. The zero-order chi connectivity index (χ0) is 18.7. The molecular weight excluding hydrogens is 318 g/mol. The van der Waals surface area contributed by atoms with Gasteiger partial charge in [0.25, 0.3) is 0 Å². The third-order valence-electron chi connectivity index (χ3n) is 4.46. The summed E-state index contributed by atoms with van der Waals surface area (Å²) < 4.78 is 4.63. The summed E-state index contributed by atoms with van der Waals surface area (Å²) in [6.45, 7) is 4.64. The molecule has 1 aromatic carbocycles. The van der Waals surface area contributed by atoms with E-state index in [4.69, 9.17) is 5.73 Å². The second kappa shape index (κ2) is 11.5. The molecule has 1 rings (SSSR count). The maximum atomic E-state index is 12.8. The van der Waals surface area contributed by atoms with Crippen LogP contribution in [0.2, 0.25) is 0 Å². The van der Waals surface area contributed by atoms with E-state index in [1.165, 1.54) is 12.7 Å². The number of hydrogen-bond acceptors (Lipinski definition) is 4. The predicted octanol–water partition coefficient (Wildman–Crippen LogP) is 2.52. The maximum Gasteiger partial charge on any atom is 0.407 e. The molecule has 0 spiro atoms. The summed E-state index contributed by atoms with van der Waals surface area (Å²) in [5.41, 5.74) is 7.06. The van der Waals surface area contributed by atoms with E-state index in [-0.39, 0.29) is 18.5 Å². The minimum Gasteiger partial charge on any atom is -0.453 e. The van der Waals surface area contributed by atoms with Gasteiger partial charge >= 0.3 is 6.09 Å². The van der Waals surface area contributed by atoms with Crippen LogP contribution < -0.4 is 11.1 Å². The van der Waals surface area contributed by atoms with Crippen molar-refractivity contribution >= 4 is 12.0 Å². The van der Waals surface area contributed by atoms with Crippen molar-refractivity contribution < 1.29 is 14.3 Å². The van der Waals surface area contributed by atoms with Gasteiger partial charge in [0.1, 0.15) is 6.04 Å². The van der Waals surface area contributed by atoms with Crippen LogP contribution in [-0.2, 0) is 16.0 Å². The van der Waals surface area contributed by atoms with E-state index < -0.39 is 12.1 Å². The topological polar surface area (TPSA) is 84.7 Å². The molecule has 0 aromatic heterocycles. The fraction of sp³-hybridized carbons (Fsp3) is 0.579. The molecule has 2 amide bonds. The average molecular weight is 349 g/mol. The zero-order valence-corrected chi connectivity index (χ0v) is 15.5. The first-order chi connectivity index (χ1) is 12.0. The van der Waals surface area contributed by atoms with Gasteiger partial charge in [0.05, 0.1) is 13.8 Å². The molecule has 0 saturated heterocycles. The molecule has 1 aromatic rings. The Balaban J connectivity index is 2.56. The summed E-state index contributed by atoms with van der Waals surface area (Å²) in [5.74, 6) is -0.146. The van der Waals surface area contributed by atoms with Crippen molar-refractivity contribution in [3.8, 4) is 0 Å². The van der Waals surface area contributed by atoms with E-state index in [1.807, 2.05) is 32.0 Å². The number of benzene rings is 1. The Bertz CT molecular complexity index is 522. The van der Waals surface area contributed by atoms with Crippen molar-refractivity contribution in [1.29, 1.82) is 0 Å². The largest absolute Gasteiger partial charge is 0.453 e. The number of methoxy groups -OCH3 is 1. The molecule has 25 heavy (non-hydrogen) atoms. The van der Waals surface area contributed by atoms with Crippen molar-refractivity contribution in [3.05, 3.63) is 35.9 Å². The van der Waals surface area contributed by atoms with Crippen LogP contribution in [0.1, 0.15) is 38.7 Å². The molecule has 0 fully saturated rings. The van der Waals surface area contributed by atoms with Gasteiger partial charge in [0.2, 0.25) is 5.91 Å². The second-order valence-electron chi connectivity index (χ2n) is 6.23. The highest BCUT2D eigenvalue weighted by atomic mass is 16.5. The number of alkyl carbamates (subject to hydrolysis) is 1. The first kappa shape index (κ1) is 21.0. The Hall–Kier alpha value is -2.08. The minimum atomic E-state index is -0.616. The van der Waals surface area contributed by atoms with Gasteiger partial charge in [-0.1, -0.05) is 50.6 Å². The van der Waals surface area contributed by atoms with Crippen LogP contribution in [0.3, 0.4) is 0 Å². The Kier molecular flexibility index (Phi) is 9.62. The Morgan fingerprint density at radius 2 is 1.92 bits per heavy atom. The molecule has 0 aliphatic heterocycles. The fourth-order valence-electron chi connectivity index (χ4n) is 2.63. The number of aryl methyl sites for hydroxylation is 1. The van der Waals surface area contributed by atoms with Crippen molar-refractivity contribution in [1.82, 2.24) is 10.2 Å². The van der Waals surface area contributed by atoms with E-state index in [2.05, 4.69) is 22.2 Å². The average Bonchev–Trinajstić information content (AvgIpc) is 2.65. The molecule has 2 unspecified atom stereocenters. The van der Waals surface area contributed by atoms with Gasteiger partial charge in [-0.05, 0) is 30.7 Å². The van der Waals surface area contributed by atoms with Crippen LogP contribution in [-0.4, -0.2) is 43.3 Å². The van der Waals surface area contributed by atoms with Gasteiger partial charge in [-0.15, -0.1) is 0 Å². The number of ether oxygens (including phenoxy) is 1. The smallest absolute Gasteiger partial charge is 0.407 e. The standard InChI is InChI=1S/C19H31N3O3/c1-4-15(2)17(21-19(24)25-3)18(23)22(14-20)13-9-8-12-16-10-6-5-7-11-16/h5-7,10-11,15,17H,4,8-9,12-14,20H2,1-3H3,(H,21,24). The molecule has 0 bridgehead atoms. The number of carbonyl (C=O) groups excluding carboxylic acids is 2. The van der Waals surface area contributed by atoms with Crippen LogP contribution >= 0.6 is 0 Å². The molecule has 0 heterocycles. The van der Waals surface area contributed by atoms with E-state index in [0.29, 0.717) is 6.54 Å². The first-order valence-electron chi connectivity index (χ1n) is 8.90. The van der Waals surface area contributed by atoms with Gasteiger partial charge in [0, 0.05) is 6.54 Å². The molecule has 0 aliphatic carbocycles.